The lowest BCUT2D eigenvalue weighted by atomic mass is 9.96. The van der Waals surface area contributed by atoms with Crippen LogP contribution in [0.4, 0.5) is 30.8 Å². The third kappa shape index (κ3) is 9.17. The van der Waals surface area contributed by atoms with Crippen LogP contribution in [-0.2, 0) is 6.18 Å². The van der Waals surface area contributed by atoms with E-state index in [9.17, 15) is 13.2 Å². The quantitative estimate of drug-likeness (QED) is 0.270. The third-order valence-corrected chi connectivity index (χ3v) is 9.51. The minimum Gasteiger partial charge on any atom is -0.494 e. The highest BCUT2D eigenvalue weighted by molar-refractivity contribution is 5.39. The Morgan fingerprint density at radius 2 is 1.20 bits per heavy atom. The summed E-state index contributed by atoms with van der Waals surface area (Å²) in [5.41, 5.74) is -0.976. The fourth-order valence-corrected chi connectivity index (χ4v) is 7.24. The molecule has 6 atom stereocenters. The van der Waals surface area contributed by atoms with E-state index in [0.29, 0.717) is 36.7 Å². The maximum Gasteiger partial charge on any atom is 0.434 e. The maximum atomic E-state index is 13.4. The Balaban J connectivity index is 1.10. The van der Waals surface area contributed by atoms with Gasteiger partial charge in [-0.2, -0.15) is 13.2 Å². The monoisotopic (exact) mass is 700 g/mol. The predicted molar refractivity (Wildman–Crippen MR) is 183 cm³/mol. The average molecular weight is 701 g/mol. The van der Waals surface area contributed by atoms with Crippen molar-refractivity contribution in [1.29, 1.82) is 0 Å². The lowest BCUT2D eigenvalue weighted by molar-refractivity contribution is -0.141. The van der Waals surface area contributed by atoms with E-state index in [0.717, 1.165) is 63.9 Å². The molecule has 6 rings (SSSR count). The molecule has 17 heteroatoms. The van der Waals surface area contributed by atoms with Gasteiger partial charge in [-0.05, 0) is 39.5 Å². The van der Waals surface area contributed by atoms with E-state index >= 15 is 0 Å². The number of methoxy groups -OCH3 is 2. The van der Waals surface area contributed by atoms with Crippen molar-refractivity contribution in [3.8, 4) is 11.6 Å². The van der Waals surface area contributed by atoms with Crippen molar-refractivity contribution in [2.75, 3.05) is 68.2 Å². The summed E-state index contributed by atoms with van der Waals surface area (Å²) in [6, 6.07) is 1.07. The number of nitrogens with one attached hydrogen (secondary N) is 3. The standard InChI is InChI=1S/C33H47F3N12O2/c1-21-15-46(29-13-39-31(50-4)14-38-29)17-23(42-21)5-7-25-19-48(32-40-9-27(49-3)10-41-32)20-26(44-25)8-6-24-18-47(16-22(2)43-24)30-12-37-11-28(45-30)33(34,35)36/h9-14,21-26,42-44H,5-8,15-20H2,1-4H3/t21-,22+,23-,24-,25-,26-/m1/s1. The highest BCUT2D eigenvalue weighted by Crippen LogP contribution is 2.29. The molecule has 50 heavy (non-hydrogen) atoms. The molecule has 0 aliphatic carbocycles. The molecule has 3 fully saturated rings. The van der Waals surface area contributed by atoms with Crippen molar-refractivity contribution in [2.45, 2.75) is 82.0 Å². The number of alkyl halides is 3. The van der Waals surface area contributed by atoms with E-state index in [1.807, 2.05) is 11.8 Å². The Kier molecular flexibility index (Phi) is 11.3. The first-order valence-corrected chi connectivity index (χ1v) is 17.2. The van der Waals surface area contributed by atoms with E-state index in [1.165, 1.54) is 6.20 Å². The largest absolute Gasteiger partial charge is 0.494 e. The highest BCUT2D eigenvalue weighted by Gasteiger charge is 2.35. The van der Waals surface area contributed by atoms with Crippen LogP contribution in [0.1, 0.15) is 45.2 Å². The molecule has 0 aromatic carbocycles. The first-order chi connectivity index (χ1) is 24.1. The fraction of sp³-hybridized carbons (Fsp3) is 0.636. The minimum atomic E-state index is -4.54. The van der Waals surface area contributed by atoms with Gasteiger partial charge in [-0.1, -0.05) is 0 Å². The summed E-state index contributed by atoms with van der Waals surface area (Å²) in [5, 5.41) is 11.3. The summed E-state index contributed by atoms with van der Waals surface area (Å²) >= 11 is 0. The van der Waals surface area contributed by atoms with Crippen molar-refractivity contribution >= 4 is 17.6 Å². The van der Waals surface area contributed by atoms with E-state index in [-0.39, 0.29) is 36.0 Å². The van der Waals surface area contributed by atoms with Gasteiger partial charge < -0.3 is 40.1 Å². The summed E-state index contributed by atoms with van der Waals surface area (Å²) in [5.74, 6) is 2.85. The lowest BCUT2D eigenvalue weighted by Gasteiger charge is -2.42. The van der Waals surface area contributed by atoms with Crippen LogP contribution in [0.3, 0.4) is 0 Å². The van der Waals surface area contributed by atoms with Crippen LogP contribution >= 0.6 is 0 Å². The number of anilines is 3. The van der Waals surface area contributed by atoms with E-state index in [1.54, 1.807) is 39.0 Å². The molecule has 3 aromatic heterocycles. The van der Waals surface area contributed by atoms with Crippen molar-refractivity contribution in [3.05, 3.63) is 42.9 Å². The van der Waals surface area contributed by atoms with Crippen molar-refractivity contribution in [1.82, 2.24) is 45.9 Å². The van der Waals surface area contributed by atoms with Crippen LogP contribution in [0.5, 0.6) is 11.6 Å². The van der Waals surface area contributed by atoms with Gasteiger partial charge in [0.2, 0.25) is 11.8 Å². The van der Waals surface area contributed by atoms with Crippen LogP contribution in [0.15, 0.2) is 37.2 Å². The number of aromatic nitrogens is 6. The van der Waals surface area contributed by atoms with Gasteiger partial charge in [-0.25, -0.2) is 24.9 Å². The van der Waals surface area contributed by atoms with Gasteiger partial charge in [-0.15, -0.1) is 0 Å². The van der Waals surface area contributed by atoms with Gasteiger partial charge in [0.05, 0.1) is 51.4 Å². The second-order valence-electron chi connectivity index (χ2n) is 13.6. The normalized spacial score (nSPS) is 26.2. The van der Waals surface area contributed by atoms with E-state index in [2.05, 4.69) is 62.6 Å². The maximum absolute atomic E-state index is 13.4. The summed E-state index contributed by atoms with van der Waals surface area (Å²) < 4.78 is 50.5. The zero-order valence-corrected chi connectivity index (χ0v) is 29.0. The second-order valence-corrected chi connectivity index (χ2v) is 13.6. The average Bonchev–Trinajstić information content (AvgIpc) is 3.12. The SMILES string of the molecule is COc1cnc(N2C[C@@H](CC[C@@H]3CN(c4cnc(OC)cn4)C[C@@H](C)N3)N[C@H](CC[C@@H]3CN(c4cncc(C(F)(F)F)n4)C[C@H](C)N3)C2)nc1. The van der Waals surface area contributed by atoms with Crippen LogP contribution in [0, 0.1) is 0 Å². The van der Waals surface area contributed by atoms with Crippen LogP contribution < -0.4 is 40.1 Å². The molecular weight excluding hydrogens is 653 g/mol. The van der Waals surface area contributed by atoms with Gasteiger partial charge in [0.15, 0.2) is 11.4 Å². The Hall–Kier alpha value is -4.09. The molecule has 0 amide bonds. The summed E-state index contributed by atoms with van der Waals surface area (Å²) in [7, 11) is 3.18. The van der Waals surface area contributed by atoms with E-state index < -0.39 is 11.9 Å². The topological polar surface area (TPSA) is 142 Å². The molecule has 0 radical (unpaired) electrons. The number of rotatable bonds is 11. The van der Waals surface area contributed by atoms with Crippen molar-refractivity contribution < 1.29 is 22.6 Å². The number of piperazine rings is 3. The van der Waals surface area contributed by atoms with Crippen molar-refractivity contribution in [2.24, 2.45) is 0 Å². The summed E-state index contributed by atoms with van der Waals surface area (Å²) in [6.07, 6.45) is 8.03. The van der Waals surface area contributed by atoms with Gasteiger partial charge in [0.1, 0.15) is 11.6 Å². The molecule has 3 aliphatic heterocycles. The Morgan fingerprint density at radius 3 is 1.72 bits per heavy atom. The Bertz CT molecular complexity index is 1520. The fourth-order valence-electron chi connectivity index (χ4n) is 7.24. The van der Waals surface area contributed by atoms with Gasteiger partial charge in [0, 0.05) is 75.5 Å². The van der Waals surface area contributed by atoms with Gasteiger partial charge >= 0.3 is 6.18 Å². The zero-order chi connectivity index (χ0) is 35.3. The van der Waals surface area contributed by atoms with Crippen LogP contribution in [-0.4, -0.2) is 120 Å². The molecule has 0 saturated carbocycles. The first-order valence-electron chi connectivity index (χ1n) is 17.2. The predicted octanol–water partition coefficient (Wildman–Crippen LogP) is 2.53. The summed E-state index contributed by atoms with van der Waals surface area (Å²) in [6.45, 7) is 8.49. The number of ether oxygens (including phenoxy) is 2. The molecule has 14 nitrogen and oxygen atoms in total. The molecule has 0 unspecified atom stereocenters. The molecule has 3 N–H and O–H groups in total. The smallest absolute Gasteiger partial charge is 0.434 e. The molecular formula is C33H47F3N12O2. The molecule has 0 bridgehead atoms. The van der Waals surface area contributed by atoms with Crippen LogP contribution in [0.25, 0.3) is 0 Å². The number of halogens is 3. The van der Waals surface area contributed by atoms with E-state index in [4.69, 9.17) is 9.47 Å². The van der Waals surface area contributed by atoms with Gasteiger partial charge in [0.25, 0.3) is 0 Å². The number of hydrogen-bond donors (Lipinski definition) is 3. The summed E-state index contributed by atoms with van der Waals surface area (Å²) in [4.78, 5) is 32.3. The molecule has 3 saturated heterocycles. The minimum absolute atomic E-state index is 0.0721. The molecule has 3 aliphatic rings. The first kappa shape index (κ1) is 35.7. The molecule has 272 valence electrons. The third-order valence-electron chi connectivity index (χ3n) is 9.51. The molecule has 3 aromatic rings. The Morgan fingerprint density at radius 1 is 0.640 bits per heavy atom. The number of nitrogens with zero attached hydrogens (tertiary/aromatic N) is 9. The molecule has 6 heterocycles. The van der Waals surface area contributed by atoms with Gasteiger partial charge in [-0.3, -0.25) is 4.98 Å². The Labute approximate surface area is 290 Å². The lowest BCUT2D eigenvalue weighted by Crippen LogP contribution is -2.59. The second kappa shape index (κ2) is 15.9. The zero-order valence-electron chi connectivity index (χ0n) is 29.0. The molecule has 0 spiro atoms. The van der Waals surface area contributed by atoms with Crippen molar-refractivity contribution in [3.63, 3.8) is 0 Å². The highest BCUT2D eigenvalue weighted by atomic mass is 19.4. The number of hydrogen-bond acceptors (Lipinski definition) is 14. The van der Waals surface area contributed by atoms with Crippen LogP contribution in [0.2, 0.25) is 0 Å².